The predicted octanol–water partition coefficient (Wildman–Crippen LogP) is 4.48. The maximum Gasteiger partial charge on any atom is 0.445 e. The normalized spacial score (nSPS) is 21.7. The Bertz CT molecular complexity index is 927. The third-order valence-corrected chi connectivity index (χ3v) is 4.31. The van der Waals surface area contributed by atoms with E-state index in [-0.39, 0.29) is 17.2 Å². The molecule has 1 aromatic carbocycles. The van der Waals surface area contributed by atoms with Gasteiger partial charge in [0.15, 0.2) is 0 Å². The molecule has 1 aliphatic heterocycles. The molecule has 2 aliphatic rings. The summed E-state index contributed by atoms with van der Waals surface area (Å²) in [6, 6.07) is 7.83. The number of nitrogens with one attached hydrogen (secondary N) is 1. The molecule has 2 heterocycles. The average Bonchev–Trinajstić information content (AvgIpc) is 3.43. The van der Waals surface area contributed by atoms with Crippen molar-refractivity contribution in [3.05, 3.63) is 48.3 Å². The summed E-state index contributed by atoms with van der Waals surface area (Å²) in [5, 5.41) is 2.32. The SMILES string of the molecule is O=C1Nc2ccc(-c3cccnc3)cc2[C@@](C#CC2CC2)(C(F)(F)F)O1. The number of aromatic nitrogens is 1. The Hall–Kier alpha value is -3.01. The van der Waals surface area contributed by atoms with Gasteiger partial charge in [-0.15, -0.1) is 0 Å². The smallest absolute Gasteiger partial charge is 0.415 e. The fourth-order valence-electron chi connectivity index (χ4n) is 2.79. The van der Waals surface area contributed by atoms with Gasteiger partial charge in [0.25, 0.3) is 5.60 Å². The van der Waals surface area contributed by atoms with E-state index in [9.17, 15) is 18.0 Å². The van der Waals surface area contributed by atoms with Crippen LogP contribution >= 0.6 is 0 Å². The van der Waals surface area contributed by atoms with Gasteiger partial charge in [0.2, 0.25) is 0 Å². The first-order valence-electron chi connectivity index (χ1n) is 8.03. The molecule has 1 aliphatic carbocycles. The van der Waals surface area contributed by atoms with Crippen molar-refractivity contribution < 1.29 is 22.7 Å². The van der Waals surface area contributed by atoms with E-state index in [4.69, 9.17) is 4.74 Å². The van der Waals surface area contributed by atoms with E-state index in [1.165, 1.54) is 12.1 Å². The summed E-state index contributed by atoms with van der Waals surface area (Å²) >= 11 is 0. The van der Waals surface area contributed by atoms with Gasteiger partial charge in [0, 0.05) is 29.4 Å². The minimum absolute atomic E-state index is 0.0383. The number of ether oxygens (including phenoxy) is 1. The van der Waals surface area contributed by atoms with Crippen molar-refractivity contribution in [2.75, 3.05) is 5.32 Å². The van der Waals surface area contributed by atoms with Crippen LogP contribution in [-0.2, 0) is 10.3 Å². The van der Waals surface area contributed by atoms with Gasteiger partial charge >= 0.3 is 12.3 Å². The summed E-state index contributed by atoms with van der Waals surface area (Å²) in [6.07, 6.45) is -1.41. The number of amides is 1. The highest BCUT2D eigenvalue weighted by molar-refractivity contribution is 5.90. The molecule has 4 nitrogen and oxygen atoms in total. The van der Waals surface area contributed by atoms with E-state index >= 15 is 0 Å². The van der Waals surface area contributed by atoms with E-state index in [0.717, 1.165) is 12.8 Å². The Morgan fingerprint density at radius 2 is 2.04 bits per heavy atom. The first kappa shape index (κ1) is 16.5. The van der Waals surface area contributed by atoms with Crippen molar-refractivity contribution in [1.29, 1.82) is 0 Å². The summed E-state index contributed by atoms with van der Waals surface area (Å²) in [5.74, 6) is 4.76. The molecule has 0 spiro atoms. The molecule has 0 unspecified atom stereocenters. The predicted molar refractivity (Wildman–Crippen MR) is 88.0 cm³/mol. The third-order valence-electron chi connectivity index (χ3n) is 4.31. The van der Waals surface area contributed by atoms with Crippen LogP contribution in [0.15, 0.2) is 42.7 Å². The molecule has 132 valence electrons. The van der Waals surface area contributed by atoms with E-state index < -0.39 is 17.9 Å². The molecule has 0 saturated heterocycles. The highest BCUT2D eigenvalue weighted by Gasteiger charge is 2.62. The summed E-state index contributed by atoms with van der Waals surface area (Å²) in [5.41, 5.74) is -1.99. The summed E-state index contributed by atoms with van der Waals surface area (Å²) < 4.78 is 46.9. The van der Waals surface area contributed by atoms with Crippen LogP contribution in [0.3, 0.4) is 0 Å². The lowest BCUT2D eigenvalue weighted by atomic mass is 9.88. The molecule has 1 aromatic heterocycles. The summed E-state index contributed by atoms with van der Waals surface area (Å²) in [7, 11) is 0. The average molecular weight is 358 g/mol. The Morgan fingerprint density at radius 1 is 1.23 bits per heavy atom. The summed E-state index contributed by atoms with van der Waals surface area (Å²) in [4.78, 5) is 15.8. The van der Waals surface area contributed by atoms with Gasteiger partial charge in [-0.25, -0.2) is 4.79 Å². The number of alkyl halides is 3. The van der Waals surface area contributed by atoms with Gasteiger partial charge in [-0.1, -0.05) is 18.1 Å². The number of benzene rings is 1. The first-order valence-corrected chi connectivity index (χ1v) is 8.03. The molecule has 0 radical (unpaired) electrons. The number of nitrogens with zero attached hydrogens (tertiary/aromatic N) is 1. The van der Waals surface area contributed by atoms with Crippen LogP contribution in [0.5, 0.6) is 0 Å². The van der Waals surface area contributed by atoms with Crippen LogP contribution < -0.4 is 5.32 Å². The highest BCUT2D eigenvalue weighted by Crippen LogP contribution is 2.48. The fourth-order valence-corrected chi connectivity index (χ4v) is 2.79. The van der Waals surface area contributed by atoms with Crippen LogP contribution in [0.2, 0.25) is 0 Å². The lowest BCUT2D eigenvalue weighted by Crippen LogP contribution is -2.49. The van der Waals surface area contributed by atoms with Gasteiger partial charge in [0.05, 0.1) is 5.69 Å². The lowest BCUT2D eigenvalue weighted by Gasteiger charge is -2.36. The second-order valence-corrected chi connectivity index (χ2v) is 6.24. The largest absolute Gasteiger partial charge is 0.445 e. The number of carbonyl (C=O) groups excluding carboxylic acids is 1. The number of fused-ring (bicyclic) bond motifs is 1. The zero-order chi connectivity index (χ0) is 18.4. The van der Waals surface area contributed by atoms with E-state index in [1.54, 1.807) is 30.6 Å². The third kappa shape index (κ3) is 2.77. The minimum atomic E-state index is -4.88. The second kappa shape index (κ2) is 5.77. The van der Waals surface area contributed by atoms with Crippen LogP contribution in [0.25, 0.3) is 11.1 Å². The molecule has 1 amide bonds. The van der Waals surface area contributed by atoms with Crippen LogP contribution in [0.1, 0.15) is 18.4 Å². The number of rotatable bonds is 1. The van der Waals surface area contributed by atoms with Gasteiger partial charge in [-0.3, -0.25) is 10.3 Å². The van der Waals surface area contributed by atoms with Crippen molar-refractivity contribution in [3.8, 4) is 23.0 Å². The van der Waals surface area contributed by atoms with Crippen molar-refractivity contribution in [2.24, 2.45) is 5.92 Å². The molecular weight excluding hydrogens is 345 g/mol. The zero-order valence-electron chi connectivity index (χ0n) is 13.4. The number of halogens is 3. The molecule has 7 heteroatoms. The maximum atomic E-state index is 14.0. The second-order valence-electron chi connectivity index (χ2n) is 6.24. The van der Waals surface area contributed by atoms with E-state index in [1.807, 2.05) is 0 Å². The van der Waals surface area contributed by atoms with E-state index in [0.29, 0.717) is 11.1 Å². The molecule has 0 bridgehead atoms. The van der Waals surface area contributed by atoms with E-state index in [2.05, 4.69) is 22.1 Å². The number of pyridine rings is 1. The molecule has 1 fully saturated rings. The maximum absolute atomic E-state index is 14.0. The highest BCUT2D eigenvalue weighted by atomic mass is 19.4. The lowest BCUT2D eigenvalue weighted by molar-refractivity contribution is -0.239. The Labute approximate surface area is 147 Å². The van der Waals surface area contributed by atoms with Gasteiger partial charge in [0.1, 0.15) is 0 Å². The van der Waals surface area contributed by atoms with Crippen molar-refractivity contribution >= 4 is 11.8 Å². The minimum Gasteiger partial charge on any atom is -0.415 e. The fraction of sp³-hybridized carbons (Fsp3) is 0.263. The molecule has 1 saturated carbocycles. The van der Waals surface area contributed by atoms with Gasteiger partial charge < -0.3 is 4.74 Å². The Balaban J connectivity index is 1.92. The molecule has 26 heavy (non-hydrogen) atoms. The standard InChI is InChI=1S/C19H13F3N2O2/c20-19(21,22)18(8-7-12-3-4-12)15-10-13(14-2-1-9-23-11-14)5-6-16(15)24-17(25)26-18/h1-2,5-6,9-12H,3-4H2,(H,24,25)/t18-/m0/s1. The Kier molecular flexibility index (Phi) is 3.65. The molecular formula is C19H13F3N2O2. The molecule has 2 aromatic rings. The quantitative estimate of drug-likeness (QED) is 0.765. The Morgan fingerprint density at radius 3 is 2.69 bits per heavy atom. The molecule has 1 N–H and O–H groups in total. The topological polar surface area (TPSA) is 51.2 Å². The van der Waals surface area contributed by atoms with Crippen LogP contribution in [0.4, 0.5) is 23.7 Å². The number of carbonyl (C=O) groups is 1. The molecule has 4 rings (SSSR count). The first-order chi connectivity index (χ1) is 12.4. The van der Waals surface area contributed by atoms with Gasteiger partial charge in [-0.05, 0) is 42.5 Å². The van der Waals surface area contributed by atoms with Crippen LogP contribution in [-0.4, -0.2) is 17.3 Å². The van der Waals surface area contributed by atoms with Crippen molar-refractivity contribution in [3.63, 3.8) is 0 Å². The number of hydrogen-bond donors (Lipinski definition) is 1. The zero-order valence-corrected chi connectivity index (χ0v) is 13.4. The van der Waals surface area contributed by atoms with Gasteiger partial charge in [-0.2, -0.15) is 13.2 Å². The van der Waals surface area contributed by atoms with Crippen LogP contribution in [0, 0.1) is 17.8 Å². The number of cyclic esters (lactones) is 1. The van der Waals surface area contributed by atoms with Crippen molar-refractivity contribution in [2.45, 2.75) is 24.6 Å². The number of hydrogen-bond acceptors (Lipinski definition) is 3. The number of anilines is 1. The molecule has 1 atom stereocenters. The van der Waals surface area contributed by atoms with Crippen molar-refractivity contribution in [1.82, 2.24) is 4.98 Å². The monoisotopic (exact) mass is 358 g/mol. The summed E-state index contributed by atoms with van der Waals surface area (Å²) in [6.45, 7) is 0.